The number of hydrogen-bond acceptors (Lipinski definition) is 2. The van der Waals surface area contributed by atoms with E-state index in [0.29, 0.717) is 5.82 Å². The molecule has 0 saturated heterocycles. The van der Waals surface area contributed by atoms with E-state index < -0.39 is 0 Å². The number of nitrogens with zero attached hydrogens (tertiary/aromatic N) is 4. The van der Waals surface area contributed by atoms with Crippen LogP contribution in [0, 0.1) is 0 Å². The van der Waals surface area contributed by atoms with E-state index in [4.69, 9.17) is 9.97 Å². The minimum atomic E-state index is -0.0700. The smallest absolute Gasteiger partial charge is 0.160 e. The third kappa shape index (κ3) is 4.87. The lowest BCUT2D eigenvalue weighted by molar-refractivity contribution is 0.660. The zero-order chi connectivity index (χ0) is 40.4. The summed E-state index contributed by atoms with van der Waals surface area (Å²) in [6, 6.07) is 70.5. The topological polar surface area (TPSA) is 35.6 Å². The Kier molecular flexibility index (Phi) is 7.04. The number of aromatic nitrogens is 4. The van der Waals surface area contributed by atoms with Gasteiger partial charge in [0.1, 0.15) is 0 Å². The van der Waals surface area contributed by atoms with Gasteiger partial charge in [0.15, 0.2) is 5.82 Å². The quantitative estimate of drug-likeness (QED) is 0.167. The lowest BCUT2D eigenvalue weighted by Crippen LogP contribution is -2.14. The molecule has 13 rings (SSSR count). The highest BCUT2D eigenvalue weighted by Crippen LogP contribution is 2.50. The van der Waals surface area contributed by atoms with E-state index in [2.05, 4.69) is 217 Å². The number of hydrogen-bond donors (Lipinski definition) is 0. The van der Waals surface area contributed by atoms with Gasteiger partial charge in [-0.3, -0.25) is 0 Å². The molecule has 0 bridgehead atoms. The molecular formula is C57H38N4. The van der Waals surface area contributed by atoms with Gasteiger partial charge < -0.3 is 9.13 Å². The van der Waals surface area contributed by atoms with Gasteiger partial charge in [0.2, 0.25) is 0 Å². The van der Waals surface area contributed by atoms with Crippen molar-refractivity contribution in [3.8, 4) is 45.1 Å². The van der Waals surface area contributed by atoms with E-state index in [-0.39, 0.29) is 5.41 Å². The molecule has 4 heteroatoms. The van der Waals surface area contributed by atoms with Gasteiger partial charge in [-0.2, -0.15) is 0 Å². The molecule has 286 valence electrons. The van der Waals surface area contributed by atoms with Crippen LogP contribution >= 0.6 is 0 Å². The van der Waals surface area contributed by atoms with Crippen LogP contribution < -0.4 is 0 Å². The third-order valence-corrected chi connectivity index (χ3v) is 13.3. The van der Waals surface area contributed by atoms with Crippen LogP contribution in [0.2, 0.25) is 0 Å². The summed E-state index contributed by atoms with van der Waals surface area (Å²) in [7, 11) is 0. The van der Waals surface area contributed by atoms with Crippen LogP contribution in [0.5, 0.6) is 0 Å². The molecule has 0 radical (unpaired) electrons. The lowest BCUT2D eigenvalue weighted by atomic mass is 9.82. The molecule has 1 aliphatic carbocycles. The molecule has 9 aromatic carbocycles. The van der Waals surface area contributed by atoms with Crippen molar-refractivity contribution in [2.75, 3.05) is 0 Å². The summed E-state index contributed by atoms with van der Waals surface area (Å²) in [6.07, 6.45) is 0. The van der Waals surface area contributed by atoms with Gasteiger partial charge in [-0.05, 0) is 88.3 Å². The molecule has 0 fully saturated rings. The van der Waals surface area contributed by atoms with Crippen LogP contribution in [0.1, 0.15) is 25.0 Å². The molecule has 0 saturated carbocycles. The van der Waals surface area contributed by atoms with Crippen molar-refractivity contribution in [2.24, 2.45) is 0 Å². The van der Waals surface area contributed by atoms with Gasteiger partial charge in [-0.1, -0.05) is 147 Å². The SMILES string of the molecule is CC1(C)c2ccccc2-c2cc(-c3nc(-c4cccc(-n5c6ccccc6c6cc(-n7c8ccccc8c8ccccc87)ccc65)c4)nc4c3ccc3ccccc34)ccc21. The Labute approximate surface area is 352 Å². The van der Waals surface area contributed by atoms with Gasteiger partial charge >= 0.3 is 0 Å². The normalized spacial score (nSPS) is 13.2. The molecule has 0 aliphatic heterocycles. The van der Waals surface area contributed by atoms with Crippen LogP contribution in [0.25, 0.3) is 110 Å². The van der Waals surface area contributed by atoms with Crippen molar-refractivity contribution in [1.29, 1.82) is 0 Å². The van der Waals surface area contributed by atoms with E-state index in [1.807, 2.05) is 0 Å². The summed E-state index contributed by atoms with van der Waals surface area (Å²) in [5.41, 5.74) is 16.1. The first-order valence-corrected chi connectivity index (χ1v) is 21.1. The van der Waals surface area contributed by atoms with Gasteiger partial charge in [-0.25, -0.2) is 9.97 Å². The zero-order valence-corrected chi connectivity index (χ0v) is 33.8. The third-order valence-electron chi connectivity index (χ3n) is 13.3. The molecular weight excluding hydrogens is 741 g/mol. The maximum absolute atomic E-state index is 5.48. The number of rotatable bonds is 4. The molecule has 0 spiro atoms. The Morgan fingerprint density at radius 3 is 1.74 bits per heavy atom. The summed E-state index contributed by atoms with van der Waals surface area (Å²) >= 11 is 0. The summed E-state index contributed by atoms with van der Waals surface area (Å²) in [5, 5.41) is 8.26. The summed E-state index contributed by atoms with van der Waals surface area (Å²) < 4.78 is 4.79. The number of fused-ring (bicyclic) bond motifs is 12. The van der Waals surface area contributed by atoms with Crippen molar-refractivity contribution in [1.82, 2.24) is 19.1 Å². The predicted molar refractivity (Wildman–Crippen MR) is 254 cm³/mol. The molecule has 0 atom stereocenters. The predicted octanol–water partition coefficient (Wildman–Crippen LogP) is 14.6. The van der Waals surface area contributed by atoms with Gasteiger partial charge in [0, 0.05) is 60.2 Å². The summed E-state index contributed by atoms with van der Waals surface area (Å²) in [5.74, 6) is 0.705. The van der Waals surface area contributed by atoms with Crippen molar-refractivity contribution >= 4 is 65.3 Å². The number of benzene rings is 9. The van der Waals surface area contributed by atoms with E-state index in [9.17, 15) is 0 Å². The fourth-order valence-electron chi connectivity index (χ4n) is 10.4. The average molecular weight is 779 g/mol. The average Bonchev–Trinajstić information content (AvgIpc) is 3.91. The monoisotopic (exact) mass is 778 g/mol. The van der Waals surface area contributed by atoms with Gasteiger partial charge in [0.25, 0.3) is 0 Å². The largest absolute Gasteiger partial charge is 0.309 e. The highest BCUT2D eigenvalue weighted by Gasteiger charge is 2.35. The minimum absolute atomic E-state index is 0.0700. The maximum atomic E-state index is 5.48. The van der Waals surface area contributed by atoms with Crippen molar-refractivity contribution in [3.63, 3.8) is 0 Å². The molecule has 0 N–H and O–H groups in total. The molecule has 3 heterocycles. The molecule has 3 aromatic heterocycles. The fourth-order valence-corrected chi connectivity index (χ4v) is 10.4. The molecule has 61 heavy (non-hydrogen) atoms. The Bertz CT molecular complexity index is 3750. The highest BCUT2D eigenvalue weighted by molar-refractivity contribution is 6.13. The van der Waals surface area contributed by atoms with Gasteiger partial charge in [0.05, 0.1) is 33.3 Å². The first-order chi connectivity index (χ1) is 30.0. The Balaban J connectivity index is 1.00. The first kappa shape index (κ1) is 34.1. The van der Waals surface area contributed by atoms with Crippen molar-refractivity contribution in [2.45, 2.75) is 19.3 Å². The van der Waals surface area contributed by atoms with E-state index >= 15 is 0 Å². The molecule has 4 nitrogen and oxygen atoms in total. The summed E-state index contributed by atoms with van der Waals surface area (Å²) in [4.78, 5) is 10.9. The van der Waals surface area contributed by atoms with Crippen molar-refractivity contribution in [3.05, 3.63) is 205 Å². The second kappa shape index (κ2) is 12.6. The second-order valence-electron chi connectivity index (χ2n) is 17.0. The van der Waals surface area contributed by atoms with Crippen LogP contribution in [-0.4, -0.2) is 19.1 Å². The van der Waals surface area contributed by atoms with E-state index in [1.165, 1.54) is 54.8 Å². The number of para-hydroxylation sites is 3. The molecule has 0 unspecified atom stereocenters. The molecule has 12 aromatic rings. The Morgan fingerprint density at radius 1 is 0.377 bits per heavy atom. The van der Waals surface area contributed by atoms with Crippen LogP contribution in [-0.2, 0) is 5.41 Å². The summed E-state index contributed by atoms with van der Waals surface area (Å²) in [6.45, 7) is 4.66. The molecule has 1 aliphatic rings. The molecule has 0 amide bonds. The van der Waals surface area contributed by atoms with E-state index in [1.54, 1.807) is 0 Å². The van der Waals surface area contributed by atoms with E-state index in [0.717, 1.165) is 60.9 Å². The van der Waals surface area contributed by atoms with Crippen LogP contribution in [0.4, 0.5) is 0 Å². The second-order valence-corrected chi connectivity index (χ2v) is 17.0. The highest BCUT2D eigenvalue weighted by atomic mass is 15.0. The fraction of sp³-hybridized carbons (Fsp3) is 0.0526. The first-order valence-electron chi connectivity index (χ1n) is 21.1. The van der Waals surface area contributed by atoms with Crippen LogP contribution in [0.3, 0.4) is 0 Å². The standard InChI is InChI=1S/C57H38N4/c1-57(2)48-22-9-5-18-41(48)46-33-36(27-30-49(46)57)54-45-29-26-35-14-3-4-17-40(35)55(45)59-56(58-54)37-15-13-16-38(32-37)60-52-25-12-8-21-44(52)47-34-39(28-31-53(47)60)61-50-23-10-6-19-42(50)43-20-7-11-24-51(43)61/h3-34H,1-2H3. The Morgan fingerprint density at radius 2 is 0.984 bits per heavy atom. The van der Waals surface area contributed by atoms with Crippen LogP contribution in [0.15, 0.2) is 194 Å². The Hall–Kier alpha value is -7.82. The zero-order valence-electron chi connectivity index (χ0n) is 33.8. The van der Waals surface area contributed by atoms with Crippen molar-refractivity contribution < 1.29 is 0 Å². The maximum Gasteiger partial charge on any atom is 0.160 e. The lowest BCUT2D eigenvalue weighted by Gasteiger charge is -2.21. The minimum Gasteiger partial charge on any atom is -0.309 e. The van der Waals surface area contributed by atoms with Gasteiger partial charge in [-0.15, -0.1) is 0 Å².